The number of aliphatic hydroxyl groups excluding tert-OH is 1. The summed E-state index contributed by atoms with van der Waals surface area (Å²) in [6, 6.07) is 4.41. The first-order valence-corrected chi connectivity index (χ1v) is 20.6. The third-order valence-corrected chi connectivity index (χ3v) is 10.6. The highest BCUT2D eigenvalue weighted by Gasteiger charge is 2.36. The van der Waals surface area contributed by atoms with E-state index in [0.29, 0.717) is 19.3 Å². The zero-order valence-electron chi connectivity index (χ0n) is 36.1. The van der Waals surface area contributed by atoms with Crippen molar-refractivity contribution in [2.45, 2.75) is 123 Å². The van der Waals surface area contributed by atoms with Crippen LogP contribution in [0.2, 0.25) is 0 Å². The predicted molar refractivity (Wildman–Crippen MR) is 226 cm³/mol. The van der Waals surface area contributed by atoms with Gasteiger partial charge in [-0.1, -0.05) is 70.9 Å². The zero-order chi connectivity index (χ0) is 46.4. The summed E-state index contributed by atoms with van der Waals surface area (Å²) in [5.74, 6) is -11.6. The first-order valence-electron chi connectivity index (χ1n) is 20.6. The number of nitrogens with one attached hydrogen (secondary N) is 4. The molecular formula is C42H66N8O11. The van der Waals surface area contributed by atoms with Crippen LogP contribution in [0.5, 0.6) is 0 Å². The van der Waals surface area contributed by atoms with E-state index >= 15 is 0 Å². The Morgan fingerprint density at radius 1 is 0.672 bits per heavy atom. The molecule has 0 unspecified atom stereocenters. The van der Waals surface area contributed by atoms with Gasteiger partial charge in [0.25, 0.3) is 0 Å². The topological polar surface area (TPSA) is 333 Å². The smallest absolute Gasteiger partial charge is 0.304 e. The van der Waals surface area contributed by atoms with Crippen molar-refractivity contribution >= 4 is 58.8 Å². The Hall–Kier alpha value is -5.72. The maximum atomic E-state index is 14.0. The van der Waals surface area contributed by atoms with Crippen LogP contribution < -0.4 is 38.5 Å². The number of carbonyl (C=O) groups excluding carboxylic acids is 8. The van der Waals surface area contributed by atoms with E-state index in [1.807, 2.05) is 6.92 Å². The van der Waals surface area contributed by atoms with E-state index in [1.165, 1.54) is 13.8 Å². The number of primary amides is 1. The summed E-state index contributed by atoms with van der Waals surface area (Å²) in [7, 11) is 0. The first kappa shape index (κ1) is 53.3. The molecule has 0 heterocycles. The molecule has 0 aliphatic carbocycles. The quantitative estimate of drug-likeness (QED) is 0.0281. The van der Waals surface area contributed by atoms with Crippen LogP contribution in [-0.4, -0.2) is 106 Å². The maximum Gasteiger partial charge on any atom is 0.304 e. The number of hydrogen-bond donors (Lipinski definition) is 9. The number of aliphatic imine (C=N–C) groups is 1. The van der Waals surface area contributed by atoms with Crippen LogP contribution >= 0.6 is 0 Å². The Bertz CT molecular complexity index is 1700. The lowest BCUT2D eigenvalue weighted by molar-refractivity contribution is -0.143. The highest BCUT2D eigenvalue weighted by atomic mass is 16.4. The molecule has 0 aliphatic rings. The molecule has 0 fully saturated rings. The lowest BCUT2D eigenvalue weighted by Gasteiger charge is -2.28. The zero-order valence-corrected chi connectivity index (χ0v) is 36.1. The number of carbonyl (C=O) groups is 9. The fraction of sp³-hybridized carbons (Fsp3) is 0.619. The van der Waals surface area contributed by atoms with Crippen molar-refractivity contribution in [3.8, 4) is 0 Å². The Morgan fingerprint density at radius 3 is 1.72 bits per heavy atom. The number of carboxylic acids is 1. The molecule has 9 atom stereocenters. The molecule has 0 aromatic heterocycles. The van der Waals surface area contributed by atoms with Gasteiger partial charge in [-0.2, -0.15) is 0 Å². The Kier molecular flexibility index (Phi) is 23.8. The molecule has 12 N–H and O–H groups in total. The van der Waals surface area contributed by atoms with E-state index in [9.17, 15) is 53.4 Å². The van der Waals surface area contributed by atoms with E-state index in [0.717, 1.165) is 5.56 Å². The van der Waals surface area contributed by atoms with Crippen LogP contribution in [0.25, 0.3) is 0 Å². The first-order chi connectivity index (χ1) is 28.6. The second-order valence-electron chi connectivity index (χ2n) is 15.7. The van der Waals surface area contributed by atoms with Crippen LogP contribution in [0.1, 0.15) is 98.5 Å². The third-order valence-electron chi connectivity index (χ3n) is 10.6. The molecule has 1 rings (SSSR count). The van der Waals surface area contributed by atoms with Crippen molar-refractivity contribution in [1.82, 2.24) is 21.3 Å². The van der Waals surface area contributed by atoms with Crippen molar-refractivity contribution in [2.24, 2.45) is 51.8 Å². The molecule has 0 spiro atoms. The van der Waals surface area contributed by atoms with Gasteiger partial charge in [0.05, 0.1) is 43.0 Å². The highest BCUT2D eigenvalue weighted by Crippen LogP contribution is 2.21. The molecule has 0 radical (unpaired) electrons. The summed E-state index contributed by atoms with van der Waals surface area (Å²) >= 11 is 0. The second kappa shape index (κ2) is 27.2. The molecule has 0 bridgehead atoms. The van der Waals surface area contributed by atoms with E-state index in [1.54, 1.807) is 51.1 Å². The van der Waals surface area contributed by atoms with Gasteiger partial charge in [0.15, 0.2) is 23.3 Å². The molecule has 0 aliphatic heterocycles. The number of rotatable bonds is 30. The number of nitrogens with two attached hydrogens (primary N) is 3. The monoisotopic (exact) mass is 858 g/mol. The molecule has 0 saturated heterocycles. The molecule has 340 valence electrons. The van der Waals surface area contributed by atoms with Crippen LogP contribution in [0.4, 0.5) is 0 Å². The second-order valence-corrected chi connectivity index (χ2v) is 15.7. The molecule has 19 heteroatoms. The minimum Gasteiger partial charge on any atom is -0.481 e. The van der Waals surface area contributed by atoms with Crippen LogP contribution in [0.3, 0.4) is 0 Å². The normalized spacial score (nSPS) is 15.5. The number of amides is 5. The number of carboxylic acid groups (broad SMARTS) is 1. The van der Waals surface area contributed by atoms with Gasteiger partial charge in [0.2, 0.25) is 29.5 Å². The van der Waals surface area contributed by atoms with E-state index in [4.69, 9.17) is 17.2 Å². The molecular weight excluding hydrogens is 793 g/mol. The summed E-state index contributed by atoms with van der Waals surface area (Å²) in [5, 5.41) is 29.9. The number of guanidine groups is 1. The van der Waals surface area contributed by atoms with E-state index in [-0.39, 0.29) is 37.7 Å². The van der Waals surface area contributed by atoms with Gasteiger partial charge in [-0.15, -0.1) is 0 Å². The Morgan fingerprint density at radius 2 is 1.20 bits per heavy atom. The molecule has 1 aromatic rings. The number of aliphatic carboxylic acids is 1. The number of Topliss-reactive ketones (excluding diaryl/α,β-unsaturated/α-hetero) is 3. The largest absolute Gasteiger partial charge is 0.481 e. The highest BCUT2D eigenvalue weighted by molar-refractivity contribution is 5.98. The summed E-state index contributed by atoms with van der Waals surface area (Å²) in [4.78, 5) is 121. The van der Waals surface area contributed by atoms with Crippen molar-refractivity contribution < 1.29 is 53.4 Å². The summed E-state index contributed by atoms with van der Waals surface area (Å²) in [5.41, 5.74) is 17.0. The number of nitrogens with zero attached hydrogens (tertiary/aromatic N) is 1. The van der Waals surface area contributed by atoms with Gasteiger partial charge in [-0.25, -0.2) is 0 Å². The number of hydrogen-bond acceptors (Lipinski definition) is 11. The van der Waals surface area contributed by atoms with Crippen molar-refractivity contribution in [3.63, 3.8) is 0 Å². The fourth-order valence-electron chi connectivity index (χ4n) is 6.56. The molecule has 1 aromatic carbocycles. The molecule has 19 nitrogen and oxygen atoms in total. The molecule has 61 heavy (non-hydrogen) atoms. The summed E-state index contributed by atoms with van der Waals surface area (Å²) < 4.78 is 0. The SMILES string of the molecule is CC[C@H](C)[C@H](NC(=O)[C@@H](CC(=O)[C@@H](NC(=O)[C@H](CC(=O)O)CC(=O)[C@H](C)NC(=O)[C@H](CO)CC(=O)[C@H](CCCN=C(N)N)NC(C)=O)[C@@H](C)CC)Cc1ccccc1)C(N)=O. The van der Waals surface area contributed by atoms with Gasteiger partial charge >= 0.3 is 5.97 Å². The van der Waals surface area contributed by atoms with Gasteiger partial charge < -0.3 is 48.7 Å². The van der Waals surface area contributed by atoms with Crippen LogP contribution in [0, 0.1) is 29.6 Å². The Balaban J connectivity index is 3.21. The fourth-order valence-corrected chi connectivity index (χ4v) is 6.56. The van der Waals surface area contributed by atoms with E-state index in [2.05, 4.69) is 26.3 Å². The average molecular weight is 859 g/mol. The average Bonchev–Trinajstić information content (AvgIpc) is 3.20. The summed E-state index contributed by atoms with van der Waals surface area (Å²) in [6.45, 7) is 8.97. The molecule has 0 saturated carbocycles. The van der Waals surface area contributed by atoms with E-state index < -0.39 is 127 Å². The van der Waals surface area contributed by atoms with Crippen molar-refractivity contribution in [3.05, 3.63) is 35.9 Å². The summed E-state index contributed by atoms with van der Waals surface area (Å²) in [6.07, 6.45) is -0.803. The maximum absolute atomic E-state index is 14.0. The lowest BCUT2D eigenvalue weighted by Crippen LogP contribution is -2.52. The van der Waals surface area contributed by atoms with Gasteiger partial charge in [0, 0.05) is 38.6 Å². The lowest BCUT2D eigenvalue weighted by atomic mass is 9.86. The number of ketones is 3. The van der Waals surface area contributed by atoms with Crippen LogP contribution in [0.15, 0.2) is 35.3 Å². The number of benzene rings is 1. The standard InChI is InChI=1S/C42H66N8O11/c1-7-23(3)36(34(55)19-28(17-27-13-10-9-11-14-27)39(59)50-37(38(43)58)24(4)8-2)49-40(60)29(21-35(56)57)18-32(53)25(5)47-41(61)30(22-51)20-33(54)31(48-26(6)52)15-12-16-46-42(44)45/h9-11,13-14,23-25,28-31,36-37,51H,7-8,12,15-22H2,1-6H3,(H2,43,58)(H,47,61)(H,48,52)(H,49,60)(H,50,59)(H,56,57)(H4,44,45,46)/t23-,24-,25-,28+,29-,30-,31-,36-,37-/m0/s1. The van der Waals surface area contributed by atoms with Gasteiger partial charge in [-0.3, -0.25) is 48.1 Å². The number of aliphatic hydroxyl groups is 1. The van der Waals surface area contributed by atoms with Crippen molar-refractivity contribution in [1.29, 1.82) is 0 Å². The molecule has 5 amide bonds. The minimum atomic E-state index is -1.48. The van der Waals surface area contributed by atoms with Gasteiger partial charge in [0.1, 0.15) is 6.04 Å². The third kappa shape index (κ3) is 19.5. The predicted octanol–water partition coefficient (Wildman–Crippen LogP) is 0.0324. The van der Waals surface area contributed by atoms with Crippen LogP contribution in [-0.2, 0) is 49.6 Å². The van der Waals surface area contributed by atoms with Gasteiger partial charge in [-0.05, 0) is 43.6 Å². The Labute approximate surface area is 357 Å². The minimum absolute atomic E-state index is 0.118. The van der Waals surface area contributed by atoms with Crippen molar-refractivity contribution in [2.75, 3.05) is 13.2 Å².